The predicted molar refractivity (Wildman–Crippen MR) is 112 cm³/mol. The quantitative estimate of drug-likeness (QED) is 0.540. The van der Waals surface area contributed by atoms with Crippen LogP contribution in [0.4, 0.5) is 23.2 Å². The molecule has 7 nitrogen and oxygen atoms in total. The first-order valence-electron chi connectivity index (χ1n) is 9.88. The number of halogens is 4. The van der Waals surface area contributed by atoms with Crippen molar-refractivity contribution in [2.24, 2.45) is 7.05 Å². The molecule has 176 valence electrons. The summed E-state index contributed by atoms with van der Waals surface area (Å²) in [6.07, 6.45) is -2.27. The van der Waals surface area contributed by atoms with Crippen molar-refractivity contribution in [1.29, 1.82) is 0 Å². The number of nitrogens with one attached hydrogen (secondary N) is 1. The lowest BCUT2D eigenvalue weighted by Crippen LogP contribution is -2.32. The molecule has 1 aliphatic rings. The maximum Gasteiger partial charge on any atom is 0.573 e. The van der Waals surface area contributed by atoms with Crippen LogP contribution in [0.15, 0.2) is 66.1 Å². The highest BCUT2D eigenvalue weighted by Gasteiger charge is 2.41. The van der Waals surface area contributed by atoms with Crippen LogP contribution in [-0.2, 0) is 17.1 Å². The molecule has 4 rings (SSSR count). The lowest BCUT2D eigenvalue weighted by atomic mass is 9.94. The first-order valence-corrected chi connectivity index (χ1v) is 11.3. The van der Waals surface area contributed by atoms with Crippen LogP contribution < -0.4 is 10.1 Å². The van der Waals surface area contributed by atoms with Gasteiger partial charge in [-0.1, -0.05) is 30.3 Å². The highest BCUT2D eigenvalue weighted by atomic mass is 32.2. The molecule has 1 fully saturated rings. The van der Waals surface area contributed by atoms with Crippen molar-refractivity contribution < 1.29 is 30.7 Å². The number of imidazole rings is 1. The van der Waals surface area contributed by atoms with E-state index in [9.17, 15) is 26.0 Å². The van der Waals surface area contributed by atoms with Crippen molar-refractivity contribution in [3.8, 4) is 5.75 Å². The number of aromatic nitrogens is 2. The molecule has 0 amide bonds. The van der Waals surface area contributed by atoms with Crippen LogP contribution in [-0.4, -0.2) is 47.8 Å². The van der Waals surface area contributed by atoms with E-state index in [1.807, 2.05) is 30.3 Å². The van der Waals surface area contributed by atoms with Crippen molar-refractivity contribution in [3.05, 3.63) is 72.4 Å². The van der Waals surface area contributed by atoms with Gasteiger partial charge in [-0.3, -0.25) is 0 Å². The Hall–Kier alpha value is -3.12. The molecule has 1 N–H and O–H groups in total. The number of benzene rings is 2. The van der Waals surface area contributed by atoms with E-state index in [2.05, 4.69) is 15.0 Å². The predicted octanol–water partition coefficient (Wildman–Crippen LogP) is 3.73. The van der Waals surface area contributed by atoms with E-state index in [1.165, 1.54) is 27.5 Å². The molecule has 33 heavy (non-hydrogen) atoms. The fourth-order valence-corrected chi connectivity index (χ4v) is 5.27. The fourth-order valence-electron chi connectivity index (χ4n) is 3.81. The van der Waals surface area contributed by atoms with E-state index in [4.69, 9.17) is 0 Å². The van der Waals surface area contributed by atoms with Gasteiger partial charge in [-0.2, -0.15) is 4.31 Å². The third-order valence-corrected chi connectivity index (χ3v) is 7.03. The lowest BCUT2D eigenvalue weighted by Gasteiger charge is -2.22. The van der Waals surface area contributed by atoms with Crippen molar-refractivity contribution in [1.82, 2.24) is 13.9 Å². The normalized spacial score (nSPS) is 19.5. The summed E-state index contributed by atoms with van der Waals surface area (Å²) in [5.41, 5.74) is 1.02. The molecule has 2 atom stereocenters. The highest BCUT2D eigenvalue weighted by Crippen LogP contribution is 2.34. The summed E-state index contributed by atoms with van der Waals surface area (Å²) >= 11 is 0. The van der Waals surface area contributed by atoms with E-state index < -0.39 is 34.0 Å². The van der Waals surface area contributed by atoms with E-state index in [-0.39, 0.29) is 29.7 Å². The number of aryl methyl sites for hydroxylation is 1. The summed E-state index contributed by atoms with van der Waals surface area (Å²) in [5, 5.41) is 2.96. The topological polar surface area (TPSA) is 76.5 Å². The molecular weight excluding hydrogens is 464 g/mol. The molecule has 0 spiro atoms. The number of hydrogen-bond donors (Lipinski definition) is 1. The minimum Gasteiger partial charge on any atom is -0.403 e. The molecule has 0 bridgehead atoms. The van der Waals surface area contributed by atoms with Crippen LogP contribution in [0.1, 0.15) is 11.5 Å². The van der Waals surface area contributed by atoms with Gasteiger partial charge in [0, 0.05) is 50.0 Å². The van der Waals surface area contributed by atoms with Gasteiger partial charge in [0.15, 0.2) is 16.6 Å². The molecular formula is C21H20F4N4O3S. The second-order valence-corrected chi connectivity index (χ2v) is 9.55. The Kier molecular flexibility index (Phi) is 6.06. The Morgan fingerprint density at radius 2 is 1.85 bits per heavy atom. The Morgan fingerprint density at radius 1 is 1.12 bits per heavy atom. The molecule has 2 aromatic carbocycles. The van der Waals surface area contributed by atoms with Crippen LogP contribution in [0, 0.1) is 5.82 Å². The number of alkyl halides is 3. The summed E-state index contributed by atoms with van der Waals surface area (Å²) in [7, 11) is -2.24. The Bertz CT molecular complexity index is 1230. The van der Waals surface area contributed by atoms with Gasteiger partial charge >= 0.3 is 6.36 Å². The monoisotopic (exact) mass is 484 g/mol. The summed E-state index contributed by atoms with van der Waals surface area (Å²) in [6.45, 7) is 0.166. The van der Waals surface area contributed by atoms with E-state index in [1.54, 1.807) is 7.05 Å². The zero-order valence-electron chi connectivity index (χ0n) is 17.3. The zero-order valence-corrected chi connectivity index (χ0v) is 18.1. The van der Waals surface area contributed by atoms with Gasteiger partial charge in [0.2, 0.25) is 0 Å². The number of nitrogens with zero attached hydrogens (tertiary/aromatic N) is 3. The van der Waals surface area contributed by atoms with Crippen LogP contribution in [0.3, 0.4) is 0 Å². The van der Waals surface area contributed by atoms with Crippen molar-refractivity contribution in [3.63, 3.8) is 0 Å². The minimum atomic E-state index is -5.05. The van der Waals surface area contributed by atoms with Crippen LogP contribution >= 0.6 is 0 Å². The number of rotatable bonds is 6. The molecule has 2 heterocycles. The second kappa shape index (κ2) is 8.67. The van der Waals surface area contributed by atoms with E-state index >= 15 is 0 Å². The molecule has 1 aromatic heterocycles. The summed E-state index contributed by atoms with van der Waals surface area (Å²) < 4.78 is 84.4. The summed E-state index contributed by atoms with van der Waals surface area (Å²) in [4.78, 5) is 3.94. The number of ether oxygens (including phenoxy) is 1. The van der Waals surface area contributed by atoms with Gasteiger partial charge in [-0.15, -0.1) is 13.2 Å². The molecule has 1 aliphatic heterocycles. The smallest absolute Gasteiger partial charge is 0.403 e. The Balaban J connectivity index is 1.63. The lowest BCUT2D eigenvalue weighted by molar-refractivity contribution is -0.275. The maximum absolute atomic E-state index is 13.8. The molecule has 0 saturated carbocycles. The average Bonchev–Trinajstić information content (AvgIpc) is 3.37. The number of hydrogen-bond acceptors (Lipinski definition) is 5. The van der Waals surface area contributed by atoms with Crippen LogP contribution in [0.5, 0.6) is 5.75 Å². The molecule has 0 aliphatic carbocycles. The molecule has 3 aromatic rings. The molecule has 2 unspecified atom stereocenters. The highest BCUT2D eigenvalue weighted by molar-refractivity contribution is 7.89. The SMILES string of the molecule is Cn1cnc(S(=O)(=O)N2CC(Nc3ccc(F)c(OC(F)(F)F)c3)C(c3ccccc3)C2)c1. The second-order valence-electron chi connectivity index (χ2n) is 7.66. The number of sulfonamides is 1. The van der Waals surface area contributed by atoms with Crippen LogP contribution in [0.2, 0.25) is 0 Å². The van der Waals surface area contributed by atoms with Crippen molar-refractivity contribution in [2.75, 3.05) is 18.4 Å². The first kappa shape index (κ1) is 23.1. The summed E-state index contributed by atoms with van der Waals surface area (Å²) in [6, 6.07) is 11.7. The zero-order chi connectivity index (χ0) is 23.8. The molecule has 0 radical (unpaired) electrons. The van der Waals surface area contributed by atoms with Gasteiger partial charge in [0.1, 0.15) is 0 Å². The fraction of sp³-hybridized carbons (Fsp3) is 0.286. The molecule has 1 saturated heterocycles. The van der Waals surface area contributed by atoms with Crippen LogP contribution in [0.25, 0.3) is 0 Å². The first-order chi connectivity index (χ1) is 15.5. The summed E-state index contributed by atoms with van der Waals surface area (Å²) in [5.74, 6) is -2.45. The van der Waals surface area contributed by atoms with Gasteiger partial charge in [0.05, 0.1) is 6.33 Å². The minimum absolute atomic E-state index is 0.0330. The Labute approximate surface area is 187 Å². The maximum atomic E-state index is 13.8. The van der Waals surface area contributed by atoms with Gasteiger partial charge in [-0.25, -0.2) is 17.8 Å². The van der Waals surface area contributed by atoms with Gasteiger partial charge in [-0.05, 0) is 17.7 Å². The Morgan fingerprint density at radius 3 is 2.48 bits per heavy atom. The molecule has 12 heteroatoms. The average molecular weight is 484 g/mol. The van der Waals surface area contributed by atoms with Gasteiger partial charge < -0.3 is 14.6 Å². The number of anilines is 1. The van der Waals surface area contributed by atoms with E-state index in [0.29, 0.717) is 0 Å². The largest absolute Gasteiger partial charge is 0.573 e. The van der Waals surface area contributed by atoms with Gasteiger partial charge in [0.25, 0.3) is 10.0 Å². The van der Waals surface area contributed by atoms with Crippen molar-refractivity contribution >= 4 is 15.7 Å². The third-order valence-electron chi connectivity index (χ3n) is 5.31. The third kappa shape index (κ3) is 5.11. The van der Waals surface area contributed by atoms with Crippen molar-refractivity contribution in [2.45, 2.75) is 23.3 Å². The standard InChI is InChI=1S/C21H20F4N4O3S/c1-28-12-20(26-13-28)33(30,31)29-10-16(14-5-3-2-4-6-14)18(11-29)27-15-7-8-17(22)19(9-15)32-21(23,24)25/h2-9,12-13,16,18,27H,10-11H2,1H3. The van der Waals surface area contributed by atoms with E-state index in [0.717, 1.165) is 17.7 Å².